The first-order valence-electron chi connectivity index (χ1n) is 7.48. The second kappa shape index (κ2) is 7.84. The number of benzene rings is 1. The van der Waals surface area contributed by atoms with Crippen LogP contribution in [0.1, 0.15) is 18.2 Å². The standard InChI is InChI=1S/C16H19N3O5S/c1-11-5-7-14(8-6-11)25(22,23)19-16(21)18-12(2)15(20)17-10-13-4-3-9-24-13/h3-9,12H,10H2,1-2H3,(H,17,20)(H2,18,19,21)/t12-/m0/s1. The van der Waals surface area contributed by atoms with Crippen molar-refractivity contribution in [3.05, 3.63) is 54.0 Å². The number of carbonyl (C=O) groups excluding carboxylic acids is 2. The smallest absolute Gasteiger partial charge is 0.329 e. The van der Waals surface area contributed by atoms with Gasteiger partial charge in [-0.05, 0) is 38.1 Å². The zero-order valence-corrected chi connectivity index (χ0v) is 14.6. The molecule has 25 heavy (non-hydrogen) atoms. The third kappa shape index (κ3) is 5.35. The van der Waals surface area contributed by atoms with Crippen LogP contribution in [0.25, 0.3) is 0 Å². The molecule has 2 aromatic rings. The summed E-state index contributed by atoms with van der Waals surface area (Å²) in [5.74, 6) is 0.0891. The lowest BCUT2D eigenvalue weighted by Crippen LogP contribution is -2.49. The van der Waals surface area contributed by atoms with E-state index >= 15 is 0 Å². The number of furan rings is 1. The third-order valence-electron chi connectivity index (χ3n) is 3.32. The highest BCUT2D eigenvalue weighted by Crippen LogP contribution is 2.09. The van der Waals surface area contributed by atoms with Crippen LogP contribution in [0.2, 0.25) is 0 Å². The molecule has 1 atom stereocenters. The van der Waals surface area contributed by atoms with Crippen molar-refractivity contribution in [3.8, 4) is 0 Å². The van der Waals surface area contributed by atoms with Crippen LogP contribution < -0.4 is 15.4 Å². The summed E-state index contributed by atoms with van der Waals surface area (Å²) in [4.78, 5) is 23.7. The van der Waals surface area contributed by atoms with E-state index in [2.05, 4.69) is 10.6 Å². The molecule has 9 heteroatoms. The quantitative estimate of drug-likeness (QED) is 0.713. The average Bonchev–Trinajstić information content (AvgIpc) is 3.05. The van der Waals surface area contributed by atoms with E-state index in [1.54, 1.807) is 24.3 Å². The number of hydrogen-bond acceptors (Lipinski definition) is 5. The molecule has 2 rings (SSSR count). The van der Waals surface area contributed by atoms with Gasteiger partial charge in [0.2, 0.25) is 5.91 Å². The lowest BCUT2D eigenvalue weighted by Gasteiger charge is -2.14. The van der Waals surface area contributed by atoms with Crippen LogP contribution in [-0.2, 0) is 21.4 Å². The van der Waals surface area contributed by atoms with Crippen LogP contribution in [-0.4, -0.2) is 26.4 Å². The van der Waals surface area contributed by atoms with Crippen LogP contribution in [0, 0.1) is 6.92 Å². The highest BCUT2D eigenvalue weighted by atomic mass is 32.2. The van der Waals surface area contributed by atoms with Gasteiger partial charge >= 0.3 is 6.03 Å². The van der Waals surface area contributed by atoms with E-state index in [9.17, 15) is 18.0 Å². The zero-order valence-electron chi connectivity index (χ0n) is 13.8. The topological polar surface area (TPSA) is 118 Å². The molecule has 0 unspecified atom stereocenters. The van der Waals surface area contributed by atoms with Gasteiger partial charge in [-0.25, -0.2) is 17.9 Å². The van der Waals surface area contributed by atoms with Gasteiger partial charge in [0.05, 0.1) is 17.7 Å². The summed E-state index contributed by atoms with van der Waals surface area (Å²) in [5, 5.41) is 4.84. The van der Waals surface area contributed by atoms with Gasteiger partial charge in [0.25, 0.3) is 10.0 Å². The molecule has 8 nitrogen and oxygen atoms in total. The Morgan fingerprint density at radius 1 is 1.16 bits per heavy atom. The summed E-state index contributed by atoms with van der Waals surface area (Å²) in [5.41, 5.74) is 0.894. The first-order valence-corrected chi connectivity index (χ1v) is 8.96. The first-order chi connectivity index (χ1) is 11.8. The van der Waals surface area contributed by atoms with Crippen LogP contribution in [0.5, 0.6) is 0 Å². The second-order valence-electron chi connectivity index (χ2n) is 5.41. The van der Waals surface area contributed by atoms with Crippen molar-refractivity contribution >= 4 is 22.0 Å². The molecule has 1 aromatic carbocycles. The molecule has 0 saturated heterocycles. The molecule has 0 radical (unpaired) electrons. The maximum Gasteiger partial charge on any atom is 0.329 e. The number of aryl methyl sites for hydroxylation is 1. The van der Waals surface area contributed by atoms with E-state index < -0.39 is 28.0 Å². The Morgan fingerprint density at radius 2 is 1.84 bits per heavy atom. The van der Waals surface area contributed by atoms with Gasteiger partial charge < -0.3 is 15.1 Å². The van der Waals surface area contributed by atoms with E-state index in [0.717, 1.165) is 5.56 Å². The molecule has 0 saturated carbocycles. The molecule has 134 valence electrons. The van der Waals surface area contributed by atoms with E-state index in [4.69, 9.17) is 4.42 Å². The summed E-state index contributed by atoms with van der Waals surface area (Å²) in [7, 11) is -4.00. The average molecular weight is 365 g/mol. The number of rotatable bonds is 6. The van der Waals surface area contributed by atoms with Gasteiger partial charge in [0.15, 0.2) is 0 Å². The fourth-order valence-electron chi connectivity index (χ4n) is 1.93. The lowest BCUT2D eigenvalue weighted by molar-refractivity contribution is -0.122. The van der Waals surface area contributed by atoms with E-state index in [-0.39, 0.29) is 11.4 Å². The van der Waals surface area contributed by atoms with Crippen molar-refractivity contribution in [1.29, 1.82) is 0 Å². The monoisotopic (exact) mass is 365 g/mol. The molecular formula is C16H19N3O5S. The Kier molecular flexibility index (Phi) is 5.81. The fraction of sp³-hybridized carbons (Fsp3) is 0.250. The Bertz CT molecular complexity index is 829. The number of nitrogens with one attached hydrogen (secondary N) is 3. The Hall–Kier alpha value is -2.81. The van der Waals surface area contributed by atoms with Crippen molar-refractivity contribution in [2.75, 3.05) is 0 Å². The predicted octanol–water partition coefficient (Wildman–Crippen LogP) is 1.28. The number of sulfonamides is 1. The lowest BCUT2D eigenvalue weighted by atomic mass is 10.2. The van der Waals surface area contributed by atoms with Crippen molar-refractivity contribution in [2.45, 2.75) is 31.3 Å². The van der Waals surface area contributed by atoms with Gasteiger partial charge in [-0.3, -0.25) is 4.79 Å². The molecule has 0 aliphatic rings. The summed E-state index contributed by atoms with van der Waals surface area (Å²) < 4.78 is 31.1. The first kappa shape index (κ1) is 18.5. The summed E-state index contributed by atoms with van der Waals surface area (Å²) in [6, 6.07) is 7.50. The van der Waals surface area contributed by atoms with E-state index in [1.165, 1.54) is 25.3 Å². The van der Waals surface area contributed by atoms with Gasteiger partial charge in [0.1, 0.15) is 11.8 Å². The largest absolute Gasteiger partial charge is 0.467 e. The third-order valence-corrected chi connectivity index (χ3v) is 4.66. The normalized spacial score (nSPS) is 12.2. The minimum atomic E-state index is -4.00. The van der Waals surface area contributed by atoms with E-state index in [0.29, 0.717) is 5.76 Å². The molecule has 0 bridgehead atoms. The van der Waals surface area contributed by atoms with Crippen LogP contribution >= 0.6 is 0 Å². The molecule has 0 aliphatic heterocycles. The summed E-state index contributed by atoms with van der Waals surface area (Å²) in [6.45, 7) is 3.43. The van der Waals surface area contributed by atoms with Crippen molar-refractivity contribution in [2.24, 2.45) is 0 Å². The summed E-state index contributed by atoms with van der Waals surface area (Å²) in [6.07, 6.45) is 1.48. The molecule has 1 aromatic heterocycles. The zero-order chi connectivity index (χ0) is 18.4. The Labute approximate surface area is 145 Å². The molecule has 0 spiro atoms. The maximum atomic E-state index is 12.1. The molecular weight excluding hydrogens is 346 g/mol. The Balaban J connectivity index is 1.87. The molecule has 3 amide bonds. The summed E-state index contributed by atoms with van der Waals surface area (Å²) >= 11 is 0. The maximum absolute atomic E-state index is 12.1. The van der Waals surface area contributed by atoms with Crippen LogP contribution in [0.15, 0.2) is 52.0 Å². The second-order valence-corrected chi connectivity index (χ2v) is 7.09. The predicted molar refractivity (Wildman–Crippen MR) is 90.0 cm³/mol. The number of carbonyl (C=O) groups is 2. The highest BCUT2D eigenvalue weighted by molar-refractivity contribution is 7.90. The van der Waals surface area contributed by atoms with Crippen LogP contribution in [0.3, 0.4) is 0 Å². The Morgan fingerprint density at radius 3 is 2.44 bits per heavy atom. The van der Waals surface area contributed by atoms with Gasteiger partial charge in [-0.2, -0.15) is 0 Å². The van der Waals surface area contributed by atoms with Gasteiger partial charge in [0, 0.05) is 0 Å². The molecule has 0 fully saturated rings. The SMILES string of the molecule is Cc1ccc(S(=O)(=O)NC(=O)N[C@@H](C)C(=O)NCc2ccco2)cc1. The minimum absolute atomic E-state index is 0.0387. The molecule has 1 heterocycles. The molecule has 0 aliphatic carbocycles. The van der Waals surface area contributed by atoms with Crippen LogP contribution in [0.4, 0.5) is 4.79 Å². The van der Waals surface area contributed by atoms with Crippen molar-refractivity contribution < 1.29 is 22.4 Å². The highest BCUT2D eigenvalue weighted by Gasteiger charge is 2.21. The van der Waals surface area contributed by atoms with Gasteiger partial charge in [-0.1, -0.05) is 17.7 Å². The number of hydrogen-bond donors (Lipinski definition) is 3. The minimum Gasteiger partial charge on any atom is -0.467 e. The van der Waals surface area contributed by atoms with Gasteiger partial charge in [-0.15, -0.1) is 0 Å². The van der Waals surface area contributed by atoms with Crippen molar-refractivity contribution in [1.82, 2.24) is 15.4 Å². The fourth-order valence-corrected chi connectivity index (χ4v) is 2.85. The number of amides is 3. The molecule has 3 N–H and O–H groups in total. The number of urea groups is 1. The van der Waals surface area contributed by atoms with E-state index in [1.807, 2.05) is 11.6 Å². The van der Waals surface area contributed by atoms with Crippen molar-refractivity contribution in [3.63, 3.8) is 0 Å².